The monoisotopic (exact) mass is 256 g/mol. The Morgan fingerprint density at radius 1 is 1.47 bits per heavy atom. The lowest BCUT2D eigenvalue weighted by Crippen LogP contribution is -2.31. The zero-order valence-electron chi connectivity index (χ0n) is 9.59. The number of non-ortho nitro benzene ring substituents is 1. The SMILES string of the molecule is CC(Cl)CN(C)C(=O)c1ccc([N+](=O)[O-])cc1. The molecule has 0 heterocycles. The van der Waals surface area contributed by atoms with Crippen molar-refractivity contribution >= 4 is 23.2 Å². The van der Waals surface area contributed by atoms with E-state index in [4.69, 9.17) is 11.6 Å². The average Bonchev–Trinajstić information content (AvgIpc) is 2.27. The average molecular weight is 257 g/mol. The normalized spacial score (nSPS) is 11.9. The number of nitro groups is 1. The minimum absolute atomic E-state index is 0.0325. The number of rotatable bonds is 4. The second-order valence-electron chi connectivity index (χ2n) is 3.77. The number of halogens is 1. The number of amides is 1. The summed E-state index contributed by atoms with van der Waals surface area (Å²) in [4.78, 5) is 23.3. The van der Waals surface area contributed by atoms with Gasteiger partial charge in [0.25, 0.3) is 11.6 Å². The largest absolute Gasteiger partial charge is 0.340 e. The number of hydrogen-bond donors (Lipinski definition) is 0. The lowest BCUT2D eigenvalue weighted by atomic mass is 10.2. The van der Waals surface area contributed by atoms with E-state index in [0.717, 1.165) is 0 Å². The van der Waals surface area contributed by atoms with Crippen molar-refractivity contribution in [2.75, 3.05) is 13.6 Å². The number of benzene rings is 1. The molecule has 0 bridgehead atoms. The molecule has 0 N–H and O–H groups in total. The van der Waals surface area contributed by atoms with Crippen LogP contribution in [-0.2, 0) is 0 Å². The number of carbonyl (C=O) groups excluding carboxylic acids is 1. The summed E-state index contributed by atoms with van der Waals surface area (Å²) in [5.74, 6) is -0.201. The van der Waals surface area contributed by atoms with Crippen LogP contribution in [0.25, 0.3) is 0 Å². The van der Waals surface area contributed by atoms with Gasteiger partial charge in [0.15, 0.2) is 0 Å². The van der Waals surface area contributed by atoms with E-state index in [2.05, 4.69) is 0 Å². The summed E-state index contributed by atoms with van der Waals surface area (Å²) < 4.78 is 0. The van der Waals surface area contributed by atoms with Crippen molar-refractivity contribution in [1.29, 1.82) is 0 Å². The molecular weight excluding hydrogens is 244 g/mol. The minimum atomic E-state index is -0.501. The quantitative estimate of drug-likeness (QED) is 0.472. The predicted octanol–water partition coefficient (Wildman–Crippen LogP) is 2.29. The maximum absolute atomic E-state index is 11.9. The van der Waals surface area contributed by atoms with E-state index >= 15 is 0 Å². The summed E-state index contributed by atoms with van der Waals surface area (Å²) in [5, 5.41) is 10.3. The van der Waals surface area contributed by atoms with E-state index in [9.17, 15) is 14.9 Å². The summed E-state index contributed by atoms with van der Waals surface area (Å²) in [7, 11) is 1.64. The molecule has 17 heavy (non-hydrogen) atoms. The van der Waals surface area contributed by atoms with E-state index in [1.807, 2.05) is 0 Å². The third-order valence-electron chi connectivity index (χ3n) is 2.20. The van der Waals surface area contributed by atoms with Crippen LogP contribution in [-0.4, -0.2) is 34.7 Å². The highest BCUT2D eigenvalue weighted by Crippen LogP contribution is 2.13. The predicted molar refractivity (Wildman–Crippen MR) is 65.4 cm³/mol. The third-order valence-corrected chi connectivity index (χ3v) is 2.34. The van der Waals surface area contributed by atoms with Crippen molar-refractivity contribution in [2.24, 2.45) is 0 Å². The molecule has 0 spiro atoms. The Hall–Kier alpha value is -1.62. The molecule has 6 heteroatoms. The van der Waals surface area contributed by atoms with Crippen LogP contribution in [0.4, 0.5) is 5.69 Å². The van der Waals surface area contributed by atoms with E-state index in [0.29, 0.717) is 12.1 Å². The van der Waals surface area contributed by atoms with Gasteiger partial charge >= 0.3 is 0 Å². The van der Waals surface area contributed by atoms with Crippen LogP contribution in [0.3, 0.4) is 0 Å². The first-order chi connectivity index (χ1) is 7.91. The lowest BCUT2D eigenvalue weighted by molar-refractivity contribution is -0.384. The fourth-order valence-corrected chi connectivity index (χ4v) is 1.61. The Balaban J connectivity index is 2.79. The van der Waals surface area contributed by atoms with Crippen LogP contribution in [0.5, 0.6) is 0 Å². The minimum Gasteiger partial charge on any atom is -0.340 e. The van der Waals surface area contributed by atoms with E-state index in [-0.39, 0.29) is 17.0 Å². The van der Waals surface area contributed by atoms with Gasteiger partial charge in [-0.3, -0.25) is 14.9 Å². The van der Waals surface area contributed by atoms with Crippen molar-refractivity contribution in [3.8, 4) is 0 Å². The molecule has 5 nitrogen and oxygen atoms in total. The summed E-state index contributed by atoms with van der Waals surface area (Å²) in [6.45, 7) is 2.22. The van der Waals surface area contributed by atoms with Crippen LogP contribution >= 0.6 is 11.6 Å². The molecule has 1 unspecified atom stereocenters. The molecule has 1 aromatic rings. The molecule has 1 aromatic carbocycles. The highest BCUT2D eigenvalue weighted by Gasteiger charge is 2.14. The fraction of sp³-hybridized carbons (Fsp3) is 0.364. The van der Waals surface area contributed by atoms with Crippen LogP contribution in [0, 0.1) is 10.1 Å². The number of nitro benzene ring substituents is 1. The lowest BCUT2D eigenvalue weighted by Gasteiger charge is -2.18. The number of hydrogen-bond acceptors (Lipinski definition) is 3. The van der Waals surface area contributed by atoms with E-state index in [1.165, 1.54) is 29.2 Å². The standard InChI is InChI=1S/C11H13ClN2O3/c1-8(12)7-13(2)11(15)9-3-5-10(6-4-9)14(16)17/h3-6,8H,7H2,1-2H3. The Labute approximate surface area is 104 Å². The highest BCUT2D eigenvalue weighted by atomic mass is 35.5. The zero-order chi connectivity index (χ0) is 13.0. The van der Waals surface area contributed by atoms with Crippen molar-refractivity contribution in [3.63, 3.8) is 0 Å². The summed E-state index contributed by atoms with van der Waals surface area (Å²) in [5.41, 5.74) is 0.380. The maximum Gasteiger partial charge on any atom is 0.269 e. The van der Waals surface area contributed by atoms with Crippen LogP contribution < -0.4 is 0 Å². The molecule has 0 aliphatic rings. The molecule has 1 atom stereocenters. The molecule has 0 saturated carbocycles. The van der Waals surface area contributed by atoms with Gasteiger partial charge in [-0.1, -0.05) is 0 Å². The van der Waals surface area contributed by atoms with Gasteiger partial charge < -0.3 is 4.90 Å². The zero-order valence-corrected chi connectivity index (χ0v) is 10.3. The van der Waals surface area contributed by atoms with Crippen molar-refractivity contribution < 1.29 is 9.72 Å². The topological polar surface area (TPSA) is 63.5 Å². The first-order valence-electron chi connectivity index (χ1n) is 5.06. The first kappa shape index (κ1) is 13.4. The smallest absolute Gasteiger partial charge is 0.269 e. The van der Waals surface area contributed by atoms with E-state index in [1.54, 1.807) is 14.0 Å². The molecule has 0 aliphatic heterocycles. The second kappa shape index (κ2) is 5.63. The van der Waals surface area contributed by atoms with Gasteiger partial charge in [0, 0.05) is 36.7 Å². The molecule has 92 valence electrons. The highest BCUT2D eigenvalue weighted by molar-refractivity contribution is 6.20. The Morgan fingerprint density at radius 2 is 2.00 bits per heavy atom. The maximum atomic E-state index is 11.9. The Kier molecular flexibility index (Phi) is 4.45. The van der Waals surface area contributed by atoms with Gasteiger partial charge in [-0.15, -0.1) is 11.6 Å². The second-order valence-corrected chi connectivity index (χ2v) is 4.52. The van der Waals surface area contributed by atoms with Crippen molar-refractivity contribution in [2.45, 2.75) is 12.3 Å². The molecule has 0 aromatic heterocycles. The van der Waals surface area contributed by atoms with Gasteiger partial charge in [-0.2, -0.15) is 0 Å². The van der Waals surface area contributed by atoms with Gasteiger partial charge in [0.05, 0.1) is 4.92 Å². The summed E-state index contributed by atoms with van der Waals surface area (Å²) >= 11 is 5.79. The van der Waals surface area contributed by atoms with Gasteiger partial charge in [0.1, 0.15) is 0 Å². The van der Waals surface area contributed by atoms with Crippen LogP contribution in [0.2, 0.25) is 0 Å². The molecular formula is C11H13ClN2O3. The van der Waals surface area contributed by atoms with Crippen LogP contribution in [0.15, 0.2) is 24.3 Å². The first-order valence-corrected chi connectivity index (χ1v) is 5.49. The number of nitrogens with zero attached hydrogens (tertiary/aromatic N) is 2. The summed E-state index contributed by atoms with van der Waals surface area (Å²) in [6, 6.07) is 5.50. The number of alkyl halides is 1. The molecule has 1 rings (SSSR count). The van der Waals surface area contributed by atoms with Crippen LogP contribution in [0.1, 0.15) is 17.3 Å². The molecule has 0 aliphatic carbocycles. The van der Waals surface area contributed by atoms with Gasteiger partial charge in [0.2, 0.25) is 0 Å². The summed E-state index contributed by atoms with van der Waals surface area (Å²) in [6.07, 6.45) is 0. The number of carbonyl (C=O) groups is 1. The molecule has 0 fully saturated rings. The van der Waals surface area contributed by atoms with Crippen molar-refractivity contribution in [1.82, 2.24) is 4.90 Å². The molecule has 1 amide bonds. The fourth-order valence-electron chi connectivity index (χ4n) is 1.41. The van der Waals surface area contributed by atoms with Crippen molar-refractivity contribution in [3.05, 3.63) is 39.9 Å². The van der Waals surface area contributed by atoms with Gasteiger partial charge in [-0.25, -0.2) is 0 Å². The Bertz CT molecular complexity index is 417. The molecule has 0 radical (unpaired) electrons. The molecule has 0 saturated heterocycles. The van der Waals surface area contributed by atoms with Gasteiger partial charge in [-0.05, 0) is 19.1 Å². The van der Waals surface area contributed by atoms with E-state index < -0.39 is 4.92 Å². The third kappa shape index (κ3) is 3.71. The Morgan fingerprint density at radius 3 is 2.41 bits per heavy atom.